The van der Waals surface area contributed by atoms with E-state index < -0.39 is 4.92 Å². The van der Waals surface area contributed by atoms with Crippen LogP contribution in [0.5, 0.6) is 0 Å². The quantitative estimate of drug-likeness (QED) is 0.625. The predicted octanol–water partition coefficient (Wildman–Crippen LogP) is 3.42. The van der Waals surface area contributed by atoms with Crippen LogP contribution in [0.3, 0.4) is 0 Å². The summed E-state index contributed by atoms with van der Waals surface area (Å²) in [4.78, 5) is 22.9. The van der Waals surface area contributed by atoms with E-state index >= 15 is 0 Å². The monoisotopic (exact) mass is 369 g/mol. The number of urea groups is 1. The van der Waals surface area contributed by atoms with E-state index in [-0.39, 0.29) is 18.3 Å². The van der Waals surface area contributed by atoms with Gasteiger partial charge in [-0.15, -0.1) is 11.3 Å². The van der Waals surface area contributed by atoms with Crippen molar-refractivity contribution in [3.8, 4) is 0 Å². The van der Waals surface area contributed by atoms with Gasteiger partial charge in [0.25, 0.3) is 5.69 Å². The van der Waals surface area contributed by atoms with E-state index in [4.69, 9.17) is 0 Å². The van der Waals surface area contributed by atoms with Crippen LogP contribution in [0.1, 0.15) is 10.4 Å². The topological polar surface area (TPSA) is 84.3 Å². The van der Waals surface area contributed by atoms with Crippen molar-refractivity contribution in [3.63, 3.8) is 0 Å². The van der Waals surface area contributed by atoms with Crippen molar-refractivity contribution >= 4 is 39.0 Å². The zero-order valence-corrected chi connectivity index (χ0v) is 13.2. The van der Waals surface area contributed by atoms with E-state index in [2.05, 4.69) is 26.6 Å². The fourth-order valence-corrected chi connectivity index (χ4v) is 3.03. The average Bonchev–Trinajstić information content (AvgIpc) is 2.89. The minimum absolute atomic E-state index is 0.0122. The maximum Gasteiger partial charge on any atom is 0.315 e. The molecule has 1 heterocycles. The Balaban J connectivity index is 1.81. The number of thiophene rings is 1. The van der Waals surface area contributed by atoms with Crippen molar-refractivity contribution in [2.75, 3.05) is 0 Å². The van der Waals surface area contributed by atoms with Gasteiger partial charge in [-0.3, -0.25) is 10.1 Å². The molecule has 0 spiro atoms. The molecule has 1 aromatic heterocycles. The highest BCUT2D eigenvalue weighted by Gasteiger charge is 2.07. The van der Waals surface area contributed by atoms with Crippen molar-refractivity contribution in [2.45, 2.75) is 13.1 Å². The highest BCUT2D eigenvalue weighted by molar-refractivity contribution is 9.10. The molecule has 0 aliphatic carbocycles. The van der Waals surface area contributed by atoms with Gasteiger partial charge in [-0.05, 0) is 27.6 Å². The van der Waals surface area contributed by atoms with Gasteiger partial charge < -0.3 is 10.6 Å². The lowest BCUT2D eigenvalue weighted by molar-refractivity contribution is -0.384. The summed E-state index contributed by atoms with van der Waals surface area (Å²) in [6.45, 7) is 0.679. The van der Waals surface area contributed by atoms with Crippen LogP contribution in [-0.2, 0) is 13.1 Å². The van der Waals surface area contributed by atoms with Crippen molar-refractivity contribution in [3.05, 3.63) is 60.7 Å². The van der Waals surface area contributed by atoms with E-state index in [9.17, 15) is 14.9 Å². The van der Waals surface area contributed by atoms with Gasteiger partial charge in [-0.1, -0.05) is 12.1 Å². The molecule has 2 N–H and O–H groups in total. The molecule has 0 bridgehead atoms. The number of benzene rings is 1. The standard InChI is InChI=1S/C13H12BrN3O3S/c14-10-5-12(21-8-10)7-16-13(18)15-6-9-2-1-3-11(4-9)17(19)20/h1-5,8H,6-7H2,(H2,15,16,18). The van der Waals surface area contributed by atoms with E-state index in [1.54, 1.807) is 23.5 Å². The molecule has 2 rings (SSSR count). The third-order valence-electron chi connectivity index (χ3n) is 2.62. The highest BCUT2D eigenvalue weighted by atomic mass is 79.9. The maximum absolute atomic E-state index is 11.7. The smallest absolute Gasteiger partial charge is 0.315 e. The van der Waals surface area contributed by atoms with E-state index in [1.807, 2.05) is 11.4 Å². The molecule has 8 heteroatoms. The Morgan fingerprint density at radius 2 is 2.05 bits per heavy atom. The number of carbonyl (C=O) groups excluding carboxylic acids is 1. The SMILES string of the molecule is O=C(NCc1cccc([N+](=O)[O-])c1)NCc1cc(Br)cs1. The van der Waals surface area contributed by atoms with Gasteiger partial charge in [0.05, 0.1) is 11.5 Å². The van der Waals surface area contributed by atoms with Crippen LogP contribution in [0.4, 0.5) is 10.5 Å². The lowest BCUT2D eigenvalue weighted by Crippen LogP contribution is -2.34. The van der Waals surface area contributed by atoms with Crippen molar-refractivity contribution in [1.82, 2.24) is 10.6 Å². The Labute approximate surface area is 133 Å². The second kappa shape index (κ2) is 7.19. The first kappa shape index (κ1) is 15.5. The summed E-state index contributed by atoms with van der Waals surface area (Å²) in [5.74, 6) is 0. The van der Waals surface area contributed by atoms with Crippen LogP contribution in [0, 0.1) is 10.1 Å². The third kappa shape index (κ3) is 4.83. The molecule has 1 aromatic carbocycles. The van der Waals surface area contributed by atoms with Crippen molar-refractivity contribution in [1.29, 1.82) is 0 Å². The summed E-state index contributed by atoms with van der Waals surface area (Å²) in [6.07, 6.45) is 0. The molecule has 110 valence electrons. The number of halogens is 1. The number of rotatable bonds is 5. The number of hydrogen-bond acceptors (Lipinski definition) is 4. The molecule has 0 radical (unpaired) electrons. The molecule has 2 amide bonds. The molecule has 0 saturated carbocycles. The van der Waals surface area contributed by atoms with Crippen molar-refractivity contribution < 1.29 is 9.72 Å². The number of hydrogen-bond donors (Lipinski definition) is 2. The van der Waals surface area contributed by atoms with E-state index in [0.29, 0.717) is 12.1 Å². The highest BCUT2D eigenvalue weighted by Crippen LogP contribution is 2.19. The van der Waals surface area contributed by atoms with Gasteiger partial charge in [0, 0.05) is 33.4 Å². The lowest BCUT2D eigenvalue weighted by atomic mass is 10.2. The van der Waals surface area contributed by atoms with Gasteiger partial charge in [0.1, 0.15) is 0 Å². The molecule has 0 atom stereocenters. The zero-order valence-electron chi connectivity index (χ0n) is 10.8. The first-order valence-electron chi connectivity index (χ1n) is 6.02. The Morgan fingerprint density at radius 1 is 1.29 bits per heavy atom. The maximum atomic E-state index is 11.7. The van der Waals surface area contributed by atoms with Crippen LogP contribution in [-0.4, -0.2) is 11.0 Å². The normalized spacial score (nSPS) is 10.1. The van der Waals surface area contributed by atoms with Crippen LogP contribution in [0.25, 0.3) is 0 Å². The van der Waals surface area contributed by atoms with Crippen molar-refractivity contribution in [2.24, 2.45) is 0 Å². The Bertz CT molecular complexity index is 660. The van der Waals surface area contributed by atoms with E-state index in [1.165, 1.54) is 12.1 Å². The van der Waals surface area contributed by atoms with Crippen LogP contribution in [0.15, 0.2) is 40.2 Å². The summed E-state index contributed by atoms with van der Waals surface area (Å²) in [5.41, 5.74) is 0.691. The molecule has 0 aliphatic heterocycles. The van der Waals surface area contributed by atoms with Gasteiger partial charge in [0.2, 0.25) is 0 Å². The second-order valence-corrected chi connectivity index (χ2v) is 6.11. The summed E-state index contributed by atoms with van der Waals surface area (Å²) in [5, 5.41) is 18.0. The molecule has 6 nitrogen and oxygen atoms in total. The summed E-state index contributed by atoms with van der Waals surface area (Å²) < 4.78 is 0.987. The molecular weight excluding hydrogens is 358 g/mol. The van der Waals surface area contributed by atoms with Crippen LogP contribution >= 0.6 is 27.3 Å². The molecule has 0 saturated heterocycles. The zero-order chi connectivity index (χ0) is 15.2. The molecular formula is C13H12BrN3O3S. The fourth-order valence-electron chi connectivity index (χ4n) is 1.64. The first-order valence-corrected chi connectivity index (χ1v) is 7.70. The minimum atomic E-state index is -0.460. The molecule has 0 aliphatic rings. The average molecular weight is 370 g/mol. The number of amides is 2. The molecule has 2 aromatic rings. The Hall–Kier alpha value is -1.93. The number of nitro benzene ring substituents is 1. The summed E-state index contributed by atoms with van der Waals surface area (Å²) >= 11 is 4.89. The van der Waals surface area contributed by atoms with Gasteiger partial charge >= 0.3 is 6.03 Å². The number of nitrogens with one attached hydrogen (secondary N) is 2. The van der Waals surface area contributed by atoms with E-state index in [0.717, 1.165) is 9.35 Å². The van der Waals surface area contributed by atoms with Gasteiger partial charge in [0.15, 0.2) is 0 Å². The fraction of sp³-hybridized carbons (Fsp3) is 0.154. The molecule has 21 heavy (non-hydrogen) atoms. The van der Waals surface area contributed by atoms with Crippen LogP contribution in [0.2, 0.25) is 0 Å². The summed E-state index contributed by atoms with van der Waals surface area (Å²) in [6, 6.07) is 7.80. The third-order valence-corrected chi connectivity index (χ3v) is 4.32. The lowest BCUT2D eigenvalue weighted by Gasteiger charge is -2.06. The molecule has 0 unspecified atom stereocenters. The Morgan fingerprint density at radius 3 is 2.71 bits per heavy atom. The Kier molecular flexibility index (Phi) is 5.29. The largest absolute Gasteiger partial charge is 0.334 e. The minimum Gasteiger partial charge on any atom is -0.334 e. The van der Waals surface area contributed by atoms with Gasteiger partial charge in [-0.2, -0.15) is 0 Å². The number of nitro groups is 1. The first-order chi connectivity index (χ1) is 10.0. The number of carbonyl (C=O) groups is 1. The predicted molar refractivity (Wildman–Crippen MR) is 84.2 cm³/mol. The van der Waals surface area contributed by atoms with Crippen LogP contribution < -0.4 is 10.6 Å². The number of non-ortho nitro benzene ring substituents is 1. The molecule has 0 fully saturated rings. The number of nitrogens with zero attached hydrogens (tertiary/aromatic N) is 1. The second-order valence-electron chi connectivity index (χ2n) is 4.19. The van der Waals surface area contributed by atoms with Gasteiger partial charge in [-0.25, -0.2) is 4.79 Å². The summed E-state index contributed by atoms with van der Waals surface area (Å²) in [7, 11) is 0.